The molecule has 0 radical (unpaired) electrons. The lowest BCUT2D eigenvalue weighted by atomic mass is 9.68. The molecule has 1 saturated heterocycles. The molecule has 2 fully saturated rings. The fourth-order valence-corrected chi connectivity index (χ4v) is 6.86. The smallest absolute Gasteiger partial charge is 0.265 e. The third-order valence-corrected chi connectivity index (χ3v) is 8.75. The van der Waals surface area contributed by atoms with E-state index in [4.69, 9.17) is 5.73 Å². The van der Waals surface area contributed by atoms with E-state index < -0.39 is 28.9 Å². The molecular formula is C32H35N5O3. The van der Waals surface area contributed by atoms with Crippen LogP contribution in [-0.2, 0) is 32.9 Å². The molecule has 8 heteroatoms. The van der Waals surface area contributed by atoms with Crippen molar-refractivity contribution in [2.75, 3.05) is 5.32 Å². The summed E-state index contributed by atoms with van der Waals surface area (Å²) in [7, 11) is 0. The number of nitrogens with two attached hydrogens (primary N) is 1. The first-order valence-electron chi connectivity index (χ1n) is 14.1. The second kappa shape index (κ2) is 10.4. The van der Waals surface area contributed by atoms with Gasteiger partial charge in [0.1, 0.15) is 6.04 Å². The summed E-state index contributed by atoms with van der Waals surface area (Å²) in [4.78, 5) is 45.0. The van der Waals surface area contributed by atoms with E-state index in [0.717, 1.165) is 43.2 Å². The monoisotopic (exact) mass is 537 g/mol. The fraction of sp³-hybridized carbons (Fsp3) is 0.344. The molecule has 3 aliphatic rings. The van der Waals surface area contributed by atoms with Crippen molar-refractivity contribution in [3.63, 3.8) is 0 Å². The zero-order chi connectivity index (χ0) is 27.7. The van der Waals surface area contributed by atoms with Crippen LogP contribution in [0.2, 0.25) is 0 Å². The molecule has 2 aliphatic heterocycles. The highest BCUT2D eigenvalue weighted by atomic mass is 16.2. The zero-order valence-corrected chi connectivity index (χ0v) is 22.4. The predicted octanol–water partition coefficient (Wildman–Crippen LogP) is 3.18. The van der Waals surface area contributed by atoms with Crippen LogP contribution in [0.1, 0.15) is 48.8 Å². The Hall–Kier alpha value is -4.17. The van der Waals surface area contributed by atoms with Crippen molar-refractivity contribution in [3.8, 4) is 0 Å². The Kier molecular flexibility index (Phi) is 6.80. The van der Waals surface area contributed by atoms with Crippen LogP contribution >= 0.6 is 0 Å². The van der Waals surface area contributed by atoms with Gasteiger partial charge < -0.3 is 20.9 Å². The molecule has 40 heavy (non-hydrogen) atoms. The van der Waals surface area contributed by atoms with E-state index in [1.807, 2.05) is 84.9 Å². The molecular weight excluding hydrogens is 502 g/mol. The first-order valence-corrected chi connectivity index (χ1v) is 14.1. The number of benzene rings is 3. The average Bonchev–Trinajstić information content (AvgIpc) is 3.38. The number of fused-ring (bicyclic) bond motifs is 3. The Morgan fingerprint density at radius 1 is 0.825 bits per heavy atom. The lowest BCUT2D eigenvalue weighted by Gasteiger charge is -2.40. The van der Waals surface area contributed by atoms with Crippen LogP contribution in [0.5, 0.6) is 0 Å². The van der Waals surface area contributed by atoms with Crippen LogP contribution in [0.25, 0.3) is 0 Å². The van der Waals surface area contributed by atoms with Crippen LogP contribution in [0.4, 0.5) is 5.69 Å². The van der Waals surface area contributed by atoms with Gasteiger partial charge in [-0.05, 0) is 35.6 Å². The number of carbonyl (C=O) groups is 3. The molecule has 1 aliphatic carbocycles. The molecule has 0 aromatic heterocycles. The molecule has 206 valence electrons. The van der Waals surface area contributed by atoms with Gasteiger partial charge in [0.15, 0.2) is 11.1 Å². The van der Waals surface area contributed by atoms with Gasteiger partial charge >= 0.3 is 0 Å². The van der Waals surface area contributed by atoms with Crippen LogP contribution in [0, 0.1) is 0 Å². The molecule has 6 rings (SSSR count). The minimum atomic E-state index is -1.82. The van der Waals surface area contributed by atoms with Gasteiger partial charge in [-0.1, -0.05) is 98.1 Å². The number of nitrogens with one attached hydrogen (secondary N) is 3. The minimum absolute atomic E-state index is 0.174. The maximum absolute atomic E-state index is 14.6. The van der Waals surface area contributed by atoms with Gasteiger partial charge in [0.05, 0.1) is 0 Å². The van der Waals surface area contributed by atoms with Crippen molar-refractivity contribution in [2.45, 2.75) is 68.4 Å². The first-order chi connectivity index (χ1) is 19.5. The standard InChI is InChI=1S/C32H35N5O3/c33-32-30(40)37(24-16-8-3-9-17-24)27(28(38)34-20-22-12-4-1-5-13-22)31(32,25-18-10-11-19-26(25)36-32)29(39)35-21-23-14-6-2-7-15-23/h1-2,4-7,10-15,18-19,24,27,36H,3,8-9,16-17,20-21,33H2,(H,34,38)(H,35,39)/t27-,31+,32-/m1/s1. The van der Waals surface area contributed by atoms with Gasteiger partial charge in [0.25, 0.3) is 5.91 Å². The number of hydrogen-bond acceptors (Lipinski definition) is 5. The number of likely N-dealkylation sites (tertiary alicyclic amines) is 1. The molecule has 8 nitrogen and oxygen atoms in total. The van der Waals surface area contributed by atoms with Crippen molar-refractivity contribution >= 4 is 23.4 Å². The van der Waals surface area contributed by atoms with Crippen LogP contribution in [-0.4, -0.2) is 40.4 Å². The second-order valence-electron chi connectivity index (χ2n) is 11.1. The number of para-hydroxylation sites is 1. The summed E-state index contributed by atoms with van der Waals surface area (Å²) in [5.41, 5.74) is 6.56. The number of carbonyl (C=O) groups excluding carboxylic acids is 3. The van der Waals surface area contributed by atoms with E-state index >= 15 is 0 Å². The zero-order valence-electron chi connectivity index (χ0n) is 22.4. The predicted molar refractivity (Wildman–Crippen MR) is 153 cm³/mol. The minimum Gasteiger partial charge on any atom is -0.358 e. The molecule has 0 unspecified atom stereocenters. The normalized spacial score (nSPS) is 25.6. The topological polar surface area (TPSA) is 117 Å². The van der Waals surface area contributed by atoms with E-state index in [0.29, 0.717) is 11.3 Å². The number of nitrogens with zero attached hydrogens (tertiary/aromatic N) is 1. The van der Waals surface area contributed by atoms with E-state index in [2.05, 4.69) is 16.0 Å². The summed E-state index contributed by atoms with van der Waals surface area (Å²) in [5, 5.41) is 9.32. The van der Waals surface area contributed by atoms with Crippen molar-refractivity contribution < 1.29 is 14.4 Å². The number of amides is 3. The van der Waals surface area contributed by atoms with Gasteiger partial charge in [-0.15, -0.1) is 0 Å². The van der Waals surface area contributed by atoms with Gasteiger partial charge in [-0.25, -0.2) is 0 Å². The van der Waals surface area contributed by atoms with Crippen molar-refractivity contribution in [1.29, 1.82) is 0 Å². The third-order valence-electron chi connectivity index (χ3n) is 8.75. The van der Waals surface area contributed by atoms with Crippen LogP contribution in [0.3, 0.4) is 0 Å². The Balaban J connectivity index is 1.46. The fourth-order valence-electron chi connectivity index (χ4n) is 6.86. The summed E-state index contributed by atoms with van der Waals surface area (Å²) < 4.78 is 0. The lowest BCUT2D eigenvalue weighted by Crippen LogP contribution is -2.69. The Morgan fingerprint density at radius 3 is 2.05 bits per heavy atom. The third kappa shape index (κ3) is 4.05. The highest BCUT2D eigenvalue weighted by molar-refractivity contribution is 6.14. The van der Waals surface area contributed by atoms with Gasteiger partial charge in [0, 0.05) is 24.8 Å². The molecule has 3 aromatic carbocycles. The number of rotatable bonds is 7. The average molecular weight is 538 g/mol. The van der Waals surface area contributed by atoms with Crippen LogP contribution < -0.4 is 21.7 Å². The molecule has 0 spiro atoms. The summed E-state index contributed by atoms with van der Waals surface area (Å²) in [6.07, 6.45) is 4.55. The maximum atomic E-state index is 14.6. The van der Waals surface area contributed by atoms with E-state index in [-0.39, 0.29) is 25.0 Å². The van der Waals surface area contributed by atoms with E-state index in [1.54, 1.807) is 4.90 Å². The number of hydrogen-bond donors (Lipinski definition) is 4. The first kappa shape index (κ1) is 26.1. The molecule has 3 aromatic rings. The lowest BCUT2D eigenvalue weighted by molar-refractivity contribution is -0.141. The largest absolute Gasteiger partial charge is 0.358 e. The molecule has 3 amide bonds. The quantitative estimate of drug-likeness (QED) is 0.370. The van der Waals surface area contributed by atoms with Crippen molar-refractivity contribution in [2.24, 2.45) is 5.73 Å². The highest BCUT2D eigenvalue weighted by Gasteiger charge is 2.77. The van der Waals surface area contributed by atoms with E-state index in [9.17, 15) is 14.4 Å². The number of anilines is 1. The van der Waals surface area contributed by atoms with Crippen molar-refractivity contribution in [1.82, 2.24) is 15.5 Å². The Labute approximate surface area is 234 Å². The molecule has 1 saturated carbocycles. The summed E-state index contributed by atoms with van der Waals surface area (Å²) in [6, 6.07) is 25.2. The second-order valence-corrected chi connectivity index (χ2v) is 11.1. The molecule has 2 heterocycles. The summed E-state index contributed by atoms with van der Waals surface area (Å²) >= 11 is 0. The van der Waals surface area contributed by atoms with Gasteiger partial charge in [0.2, 0.25) is 11.8 Å². The molecule has 5 N–H and O–H groups in total. The summed E-state index contributed by atoms with van der Waals surface area (Å²) in [6.45, 7) is 0.521. The van der Waals surface area contributed by atoms with Crippen molar-refractivity contribution in [3.05, 3.63) is 102 Å². The summed E-state index contributed by atoms with van der Waals surface area (Å²) in [5.74, 6) is -1.24. The molecule has 3 atom stereocenters. The SMILES string of the molecule is N[C@]12Nc3ccccc3[C@@]1(C(=O)NCc1ccccc1)[C@@H](C(=O)NCc1ccccc1)N(C1CCCCC1)C2=O. The Bertz CT molecular complexity index is 1410. The van der Waals surface area contributed by atoms with Gasteiger partial charge in [-0.3, -0.25) is 20.1 Å². The molecule has 0 bridgehead atoms. The Morgan fingerprint density at radius 2 is 1.40 bits per heavy atom. The van der Waals surface area contributed by atoms with Gasteiger partial charge in [-0.2, -0.15) is 0 Å². The highest BCUT2D eigenvalue weighted by Crippen LogP contribution is 2.55. The van der Waals surface area contributed by atoms with E-state index in [1.165, 1.54) is 0 Å². The maximum Gasteiger partial charge on any atom is 0.265 e. The van der Waals surface area contributed by atoms with Crippen LogP contribution in [0.15, 0.2) is 84.9 Å².